The summed E-state index contributed by atoms with van der Waals surface area (Å²) in [5.41, 5.74) is 0.768. The van der Waals surface area contributed by atoms with Crippen molar-refractivity contribution in [2.45, 2.75) is 94.9 Å². The molecule has 2 unspecified atom stereocenters. The van der Waals surface area contributed by atoms with E-state index in [1.807, 2.05) is 40.0 Å². The van der Waals surface area contributed by atoms with Gasteiger partial charge in [-0.2, -0.15) is 0 Å². The number of esters is 1. The van der Waals surface area contributed by atoms with Crippen LogP contribution in [0.5, 0.6) is 0 Å². The van der Waals surface area contributed by atoms with Crippen LogP contribution in [0.2, 0.25) is 0 Å². The molecule has 0 amide bonds. The van der Waals surface area contributed by atoms with Crippen LogP contribution in [0, 0.1) is 12.8 Å². The Hall–Kier alpha value is -1.25. The summed E-state index contributed by atoms with van der Waals surface area (Å²) in [6.07, 6.45) is 11.6. The fourth-order valence-electron chi connectivity index (χ4n) is 3.22. The maximum atomic E-state index is 13.1. The van der Waals surface area contributed by atoms with Crippen LogP contribution in [0.25, 0.3) is 6.08 Å². The molecule has 0 radical (unpaired) electrons. The highest BCUT2D eigenvalue weighted by Crippen LogP contribution is 2.35. The van der Waals surface area contributed by atoms with Crippen molar-refractivity contribution in [3.8, 4) is 0 Å². The number of thioether (sulfide) groups is 1. The molecule has 0 aliphatic rings. The van der Waals surface area contributed by atoms with Gasteiger partial charge in [-0.3, -0.25) is 9.59 Å². The monoisotopic (exact) mass is 571 g/mol. The number of ether oxygens (including phenoxy) is 1. The minimum atomic E-state index is -0.730. The molecule has 1 heterocycles. The van der Waals surface area contributed by atoms with Gasteiger partial charge in [-0.1, -0.05) is 41.9 Å². The predicted octanol–water partition coefficient (Wildman–Crippen LogP) is 7.32. The van der Waals surface area contributed by atoms with Gasteiger partial charge >= 0.3 is 5.97 Å². The van der Waals surface area contributed by atoms with E-state index in [1.165, 1.54) is 11.8 Å². The third kappa shape index (κ3) is 11.5. The van der Waals surface area contributed by atoms with Crippen molar-refractivity contribution < 1.29 is 19.1 Å². The standard InChI is InChI=1S/C26H38BrNO4S2/c1-7-22(27)24(30)26(5,6)34-23(14-12-10-8-9-11-13-18(2)16-29)25(31)32-19(3)15-21-17-33-20(4)28-21/h8,10,15-18,22-23H,7,9,11-14H2,1-6H3/b10-8-,19-15+/t18-,22?,23?/m0/s1. The number of ketones is 1. The summed E-state index contributed by atoms with van der Waals surface area (Å²) < 4.78 is 4.93. The summed E-state index contributed by atoms with van der Waals surface area (Å²) in [4.78, 5) is 40.8. The van der Waals surface area contributed by atoms with Crippen molar-refractivity contribution in [1.82, 2.24) is 4.98 Å². The third-order valence-electron chi connectivity index (χ3n) is 5.21. The second-order valence-corrected chi connectivity index (χ2v) is 12.9. The Bertz CT molecular complexity index is 863. The number of carbonyl (C=O) groups excluding carboxylic acids is 3. The number of carbonyl (C=O) groups is 3. The average Bonchev–Trinajstić information content (AvgIpc) is 3.20. The fourth-order valence-corrected chi connectivity index (χ4v) is 5.88. The Morgan fingerprint density at radius 2 is 1.94 bits per heavy atom. The largest absolute Gasteiger partial charge is 0.430 e. The molecule has 1 aromatic rings. The molecular formula is C26H38BrNO4S2. The minimum Gasteiger partial charge on any atom is -0.430 e. The lowest BCUT2D eigenvalue weighted by molar-refractivity contribution is -0.138. The van der Waals surface area contributed by atoms with Crippen LogP contribution in [0.3, 0.4) is 0 Å². The molecule has 0 saturated heterocycles. The molecule has 8 heteroatoms. The first-order chi connectivity index (χ1) is 16.0. The van der Waals surface area contributed by atoms with Gasteiger partial charge < -0.3 is 9.53 Å². The van der Waals surface area contributed by atoms with Crippen LogP contribution in [-0.4, -0.2) is 37.8 Å². The Morgan fingerprint density at radius 3 is 2.53 bits per heavy atom. The molecule has 3 atom stereocenters. The van der Waals surface area contributed by atoms with Crippen LogP contribution >= 0.6 is 39.0 Å². The van der Waals surface area contributed by atoms with E-state index in [4.69, 9.17) is 4.74 Å². The number of aromatic nitrogens is 1. The summed E-state index contributed by atoms with van der Waals surface area (Å²) >= 11 is 6.37. The van der Waals surface area contributed by atoms with E-state index in [0.29, 0.717) is 25.0 Å². The average molecular weight is 573 g/mol. The fraction of sp³-hybridized carbons (Fsp3) is 0.615. The number of allylic oxidation sites excluding steroid dienone is 3. The molecule has 0 spiro atoms. The van der Waals surface area contributed by atoms with E-state index in [0.717, 1.165) is 36.3 Å². The maximum Gasteiger partial charge on any atom is 0.324 e. The number of aryl methyl sites for hydroxylation is 1. The molecule has 0 aliphatic carbocycles. The zero-order chi connectivity index (χ0) is 25.7. The maximum absolute atomic E-state index is 13.1. The lowest BCUT2D eigenvalue weighted by Gasteiger charge is -2.28. The number of aldehydes is 1. The summed E-state index contributed by atoms with van der Waals surface area (Å²) in [7, 11) is 0. The highest BCUT2D eigenvalue weighted by molar-refractivity contribution is 9.10. The van der Waals surface area contributed by atoms with Gasteiger partial charge in [0.1, 0.15) is 17.3 Å². The van der Waals surface area contributed by atoms with Crippen molar-refractivity contribution >= 4 is 63.1 Å². The van der Waals surface area contributed by atoms with Crippen LogP contribution in [0.1, 0.15) is 83.8 Å². The van der Waals surface area contributed by atoms with Crippen molar-refractivity contribution in [2.75, 3.05) is 0 Å². The van der Waals surface area contributed by atoms with Gasteiger partial charge in [-0.05, 0) is 66.2 Å². The van der Waals surface area contributed by atoms with Gasteiger partial charge in [0, 0.05) is 17.4 Å². The van der Waals surface area contributed by atoms with E-state index in [2.05, 4.69) is 33.1 Å². The first-order valence-corrected chi connectivity index (χ1v) is 14.5. The third-order valence-corrected chi connectivity index (χ3v) is 8.57. The molecule has 1 aromatic heterocycles. The molecule has 0 N–H and O–H groups in total. The highest BCUT2D eigenvalue weighted by atomic mass is 79.9. The quantitative estimate of drug-likeness (QED) is 0.0516. The Morgan fingerprint density at radius 1 is 1.26 bits per heavy atom. The zero-order valence-corrected chi connectivity index (χ0v) is 24.4. The second kappa shape index (κ2) is 15.7. The number of hydrogen-bond acceptors (Lipinski definition) is 7. The Kier molecular flexibility index (Phi) is 14.2. The summed E-state index contributed by atoms with van der Waals surface area (Å²) in [5, 5.41) is 2.39. The van der Waals surface area contributed by atoms with Crippen LogP contribution < -0.4 is 0 Å². The normalized spacial score (nSPS) is 15.2. The number of alkyl halides is 1. The van der Waals surface area contributed by atoms with E-state index >= 15 is 0 Å². The molecule has 190 valence electrons. The lowest BCUT2D eigenvalue weighted by Crippen LogP contribution is -2.38. The van der Waals surface area contributed by atoms with Crippen molar-refractivity contribution in [3.63, 3.8) is 0 Å². The highest BCUT2D eigenvalue weighted by Gasteiger charge is 2.37. The molecule has 0 fully saturated rings. The predicted molar refractivity (Wildman–Crippen MR) is 148 cm³/mol. The summed E-state index contributed by atoms with van der Waals surface area (Å²) in [5.74, 6) is 0.302. The van der Waals surface area contributed by atoms with Crippen LogP contribution in [-0.2, 0) is 19.1 Å². The molecular weight excluding hydrogens is 534 g/mol. The molecule has 0 aromatic carbocycles. The number of unbranched alkanes of at least 4 members (excludes halogenated alkanes) is 1. The van der Waals surface area contributed by atoms with Crippen molar-refractivity contribution in [1.29, 1.82) is 0 Å². The molecule has 0 aliphatic heterocycles. The minimum absolute atomic E-state index is 0.0721. The van der Waals surface area contributed by atoms with E-state index in [1.54, 1.807) is 24.3 Å². The smallest absolute Gasteiger partial charge is 0.324 e. The van der Waals surface area contributed by atoms with Crippen LogP contribution in [0.15, 0.2) is 23.3 Å². The first kappa shape index (κ1) is 30.8. The molecule has 34 heavy (non-hydrogen) atoms. The van der Waals surface area contributed by atoms with E-state index in [-0.39, 0.29) is 22.5 Å². The van der Waals surface area contributed by atoms with Gasteiger partial charge in [-0.15, -0.1) is 23.1 Å². The number of rotatable bonds is 16. The number of nitrogens with zero attached hydrogens (tertiary/aromatic N) is 1. The number of halogens is 1. The van der Waals surface area contributed by atoms with Crippen LogP contribution in [0.4, 0.5) is 0 Å². The van der Waals surface area contributed by atoms with Gasteiger partial charge in [0.15, 0.2) is 5.78 Å². The van der Waals surface area contributed by atoms with E-state index in [9.17, 15) is 14.4 Å². The van der Waals surface area contributed by atoms with E-state index < -0.39 is 10.00 Å². The first-order valence-electron chi connectivity index (χ1n) is 11.8. The van der Waals surface area contributed by atoms with Gasteiger partial charge in [0.2, 0.25) is 0 Å². The van der Waals surface area contributed by atoms with Crippen molar-refractivity contribution in [3.05, 3.63) is 34.0 Å². The zero-order valence-electron chi connectivity index (χ0n) is 21.1. The number of Topliss-reactive ketones (excluding diaryl/α,β-unsaturated/α-hetero) is 1. The molecule has 1 rings (SSSR count). The second-order valence-electron chi connectivity index (χ2n) is 8.92. The number of hydrogen-bond donors (Lipinski definition) is 0. The van der Waals surface area contributed by atoms with Gasteiger partial charge in [0.25, 0.3) is 0 Å². The van der Waals surface area contributed by atoms with Crippen molar-refractivity contribution in [2.24, 2.45) is 5.92 Å². The summed E-state index contributed by atoms with van der Waals surface area (Å²) in [6.45, 7) is 11.3. The van der Waals surface area contributed by atoms with Gasteiger partial charge in [-0.25, -0.2) is 4.98 Å². The molecule has 5 nitrogen and oxygen atoms in total. The molecule has 0 saturated carbocycles. The Labute approximate surface area is 221 Å². The topological polar surface area (TPSA) is 73.3 Å². The Balaban J connectivity index is 2.83. The van der Waals surface area contributed by atoms with Gasteiger partial charge in [0.05, 0.1) is 20.3 Å². The molecule has 0 bridgehead atoms. The number of thiazole rings is 1. The lowest BCUT2D eigenvalue weighted by atomic mass is 10.0. The summed E-state index contributed by atoms with van der Waals surface area (Å²) in [6, 6.07) is 0. The SMILES string of the molecule is CCC(Br)C(=O)C(C)(C)SC(CC/C=C\CCC[C@H](C)C=O)C(=O)O/C(C)=C/c1csc(C)n1.